The number of aliphatic hydroxyl groups excluding tert-OH is 3. The molecule has 11 nitrogen and oxygen atoms in total. The minimum absolute atomic E-state index is 0.181. The number of carbonyl (C=O) groups is 3. The molecule has 0 aromatic rings. The first kappa shape index (κ1) is 53.2. The molecule has 0 aliphatic carbocycles. The van der Waals surface area contributed by atoms with Crippen LogP contribution in [0.3, 0.4) is 0 Å². The number of carboxylic acid groups (broad SMARTS) is 1. The van der Waals surface area contributed by atoms with Gasteiger partial charge in [0.25, 0.3) is 0 Å². The summed E-state index contributed by atoms with van der Waals surface area (Å²) in [7, 11) is 0. The van der Waals surface area contributed by atoms with Crippen molar-refractivity contribution in [3.8, 4) is 0 Å². The molecular weight excluding hydrogens is 741 g/mol. The number of hydrogen-bond acceptors (Lipinski definition) is 10. The van der Waals surface area contributed by atoms with E-state index in [4.69, 9.17) is 18.9 Å². The Hall–Kier alpha value is -2.83. The summed E-state index contributed by atoms with van der Waals surface area (Å²) in [4.78, 5) is 36.8. The van der Waals surface area contributed by atoms with Crippen LogP contribution in [-0.2, 0) is 33.3 Å². The largest absolute Gasteiger partial charge is 0.479 e. The van der Waals surface area contributed by atoms with Crippen molar-refractivity contribution in [2.45, 2.75) is 218 Å². The van der Waals surface area contributed by atoms with Gasteiger partial charge in [0.15, 0.2) is 18.5 Å². The van der Waals surface area contributed by atoms with E-state index in [9.17, 15) is 34.8 Å². The third kappa shape index (κ3) is 28.6. The van der Waals surface area contributed by atoms with Gasteiger partial charge in [-0.25, -0.2) is 4.79 Å². The van der Waals surface area contributed by atoms with Crippen LogP contribution in [0.25, 0.3) is 0 Å². The first-order chi connectivity index (χ1) is 28.2. The Kier molecular flexibility index (Phi) is 34.1. The fourth-order valence-corrected chi connectivity index (χ4v) is 6.63. The third-order valence-corrected chi connectivity index (χ3v) is 10.2. The SMILES string of the molecule is CC/C=C\C/C=C\C/C=C\C/C=C\CCCCCCCCC(=O)OCC(COC1OC(C(=O)O)C(O)C(O)C1O)OC(=O)CCCCCCCCCCCCCCC. The van der Waals surface area contributed by atoms with Crippen LogP contribution >= 0.6 is 0 Å². The van der Waals surface area contributed by atoms with Crippen molar-refractivity contribution >= 4 is 17.9 Å². The van der Waals surface area contributed by atoms with Gasteiger partial charge in [-0.1, -0.05) is 165 Å². The molecule has 0 saturated carbocycles. The van der Waals surface area contributed by atoms with E-state index in [2.05, 4.69) is 62.5 Å². The molecule has 6 unspecified atom stereocenters. The molecule has 0 spiro atoms. The van der Waals surface area contributed by atoms with Crippen LogP contribution < -0.4 is 0 Å². The van der Waals surface area contributed by atoms with Crippen molar-refractivity contribution < 1.29 is 53.8 Å². The zero-order valence-corrected chi connectivity index (χ0v) is 36.0. The predicted molar refractivity (Wildman–Crippen MR) is 229 cm³/mol. The van der Waals surface area contributed by atoms with E-state index >= 15 is 0 Å². The minimum atomic E-state index is -1.86. The van der Waals surface area contributed by atoms with E-state index in [1.807, 2.05) is 0 Å². The van der Waals surface area contributed by atoms with Crippen LogP contribution in [-0.4, -0.2) is 88.4 Å². The molecule has 0 aromatic heterocycles. The lowest BCUT2D eigenvalue weighted by Gasteiger charge is -2.38. The van der Waals surface area contributed by atoms with Crippen molar-refractivity contribution in [1.29, 1.82) is 0 Å². The number of carbonyl (C=O) groups excluding carboxylic acids is 2. The molecule has 1 aliphatic heterocycles. The highest BCUT2D eigenvalue weighted by Crippen LogP contribution is 2.23. The topological polar surface area (TPSA) is 169 Å². The van der Waals surface area contributed by atoms with Gasteiger partial charge < -0.3 is 39.4 Å². The summed E-state index contributed by atoms with van der Waals surface area (Å²) in [6, 6.07) is 0. The molecule has 1 rings (SSSR count). The standard InChI is InChI=1S/C47H80O11/c1-3-5-7-9-11-13-15-17-18-19-20-21-22-24-25-27-29-31-33-35-40(48)55-37-39(38-56-47-44(52)42(50)43(51)45(58-47)46(53)54)57-41(49)36-34-32-30-28-26-23-16-14-12-10-8-6-4-2/h5,7,11,13,17-18,20-21,39,42-45,47,50-52H,3-4,6,8-10,12,14-16,19,22-38H2,1-2H3,(H,53,54)/b7-5-,13-11-,18-17-,21-20-. The summed E-state index contributed by atoms with van der Waals surface area (Å²) in [5.74, 6) is -2.46. The van der Waals surface area contributed by atoms with Gasteiger partial charge in [0, 0.05) is 12.8 Å². The second-order valence-corrected chi connectivity index (χ2v) is 15.5. The molecule has 1 aliphatic rings. The van der Waals surface area contributed by atoms with Crippen LogP contribution in [0.4, 0.5) is 0 Å². The second kappa shape index (κ2) is 37.2. The molecule has 0 radical (unpaired) electrons. The summed E-state index contributed by atoms with van der Waals surface area (Å²) in [5.41, 5.74) is 0. The lowest BCUT2D eigenvalue weighted by molar-refractivity contribution is -0.298. The van der Waals surface area contributed by atoms with Crippen LogP contribution in [0.5, 0.6) is 0 Å². The van der Waals surface area contributed by atoms with E-state index in [0.717, 1.165) is 83.5 Å². The summed E-state index contributed by atoms with van der Waals surface area (Å²) in [6.45, 7) is 3.68. The van der Waals surface area contributed by atoms with Gasteiger partial charge in [0.05, 0.1) is 6.61 Å². The van der Waals surface area contributed by atoms with Gasteiger partial charge in [0.2, 0.25) is 0 Å². The van der Waals surface area contributed by atoms with Crippen molar-refractivity contribution in [3.05, 3.63) is 48.6 Å². The van der Waals surface area contributed by atoms with Crippen molar-refractivity contribution in [2.24, 2.45) is 0 Å². The van der Waals surface area contributed by atoms with E-state index in [0.29, 0.717) is 12.8 Å². The maximum atomic E-state index is 12.8. The zero-order chi connectivity index (χ0) is 42.5. The molecule has 11 heteroatoms. The predicted octanol–water partition coefficient (Wildman–Crippen LogP) is 9.76. The van der Waals surface area contributed by atoms with Crippen molar-refractivity contribution in [3.63, 3.8) is 0 Å². The molecule has 0 amide bonds. The number of allylic oxidation sites excluding steroid dienone is 8. The summed E-state index contributed by atoms with van der Waals surface area (Å²) in [6.07, 6.45) is 34.4. The first-order valence-electron chi connectivity index (χ1n) is 22.7. The van der Waals surface area contributed by atoms with Crippen LogP contribution in [0.15, 0.2) is 48.6 Å². The third-order valence-electron chi connectivity index (χ3n) is 10.2. The average Bonchev–Trinajstić information content (AvgIpc) is 3.21. The molecule has 58 heavy (non-hydrogen) atoms. The van der Waals surface area contributed by atoms with E-state index in [1.54, 1.807) is 0 Å². The smallest absolute Gasteiger partial charge is 0.335 e. The lowest BCUT2D eigenvalue weighted by Crippen LogP contribution is -2.60. The first-order valence-corrected chi connectivity index (χ1v) is 22.7. The summed E-state index contributed by atoms with van der Waals surface area (Å²) >= 11 is 0. The van der Waals surface area contributed by atoms with Crippen molar-refractivity contribution in [2.75, 3.05) is 13.2 Å². The fourth-order valence-electron chi connectivity index (χ4n) is 6.63. The highest BCUT2D eigenvalue weighted by molar-refractivity contribution is 5.73. The molecule has 1 heterocycles. The fraction of sp³-hybridized carbons (Fsp3) is 0.766. The Morgan fingerprint density at radius 3 is 1.53 bits per heavy atom. The Labute approximate surface area is 350 Å². The molecule has 4 N–H and O–H groups in total. The molecule has 0 aromatic carbocycles. The quantitative estimate of drug-likeness (QED) is 0.0267. The highest BCUT2D eigenvalue weighted by Gasteiger charge is 2.47. The number of unbranched alkanes of at least 4 members (excludes halogenated alkanes) is 18. The maximum Gasteiger partial charge on any atom is 0.335 e. The number of aliphatic hydroxyl groups is 3. The zero-order valence-electron chi connectivity index (χ0n) is 36.0. The Morgan fingerprint density at radius 2 is 1.02 bits per heavy atom. The second-order valence-electron chi connectivity index (χ2n) is 15.5. The summed E-state index contributed by atoms with van der Waals surface area (Å²) in [5, 5.41) is 39.8. The van der Waals surface area contributed by atoms with E-state index in [1.165, 1.54) is 57.8 Å². The lowest BCUT2D eigenvalue weighted by atomic mass is 9.99. The molecule has 6 atom stereocenters. The number of ether oxygens (including phenoxy) is 4. The molecule has 1 fully saturated rings. The number of carboxylic acids is 1. The summed E-state index contributed by atoms with van der Waals surface area (Å²) < 4.78 is 21.7. The molecule has 334 valence electrons. The minimum Gasteiger partial charge on any atom is -0.479 e. The molecule has 1 saturated heterocycles. The van der Waals surface area contributed by atoms with Gasteiger partial charge in [0.1, 0.15) is 24.9 Å². The van der Waals surface area contributed by atoms with E-state index in [-0.39, 0.29) is 19.4 Å². The van der Waals surface area contributed by atoms with Crippen molar-refractivity contribution in [1.82, 2.24) is 0 Å². The van der Waals surface area contributed by atoms with Gasteiger partial charge in [-0.3, -0.25) is 9.59 Å². The molecule has 0 bridgehead atoms. The Bertz CT molecular complexity index is 1150. The van der Waals surface area contributed by atoms with Gasteiger partial charge in [-0.2, -0.15) is 0 Å². The number of esters is 2. The van der Waals surface area contributed by atoms with E-state index < -0.39 is 61.3 Å². The Balaban J connectivity index is 2.36. The number of hydrogen-bond donors (Lipinski definition) is 4. The van der Waals surface area contributed by atoms with Gasteiger partial charge in [-0.05, 0) is 51.4 Å². The number of aliphatic carboxylic acids is 1. The van der Waals surface area contributed by atoms with Gasteiger partial charge >= 0.3 is 17.9 Å². The normalized spacial score (nSPS) is 20.5. The molecular formula is C47H80O11. The average molecular weight is 821 g/mol. The Morgan fingerprint density at radius 1 is 0.552 bits per heavy atom. The monoisotopic (exact) mass is 821 g/mol. The van der Waals surface area contributed by atoms with Crippen LogP contribution in [0, 0.1) is 0 Å². The van der Waals surface area contributed by atoms with Crippen LogP contribution in [0.2, 0.25) is 0 Å². The maximum absolute atomic E-state index is 12.8. The highest BCUT2D eigenvalue weighted by atomic mass is 16.7. The van der Waals surface area contributed by atoms with Crippen LogP contribution in [0.1, 0.15) is 181 Å². The van der Waals surface area contributed by atoms with Gasteiger partial charge in [-0.15, -0.1) is 0 Å². The number of rotatable bonds is 37.